The molecule has 1 aliphatic heterocycles. The Bertz CT molecular complexity index is 931. The molecule has 27 heavy (non-hydrogen) atoms. The van der Waals surface area contributed by atoms with Gasteiger partial charge in [0.2, 0.25) is 0 Å². The Morgan fingerprint density at radius 3 is 2.33 bits per heavy atom. The molecule has 2 heterocycles. The fourth-order valence-corrected chi connectivity index (χ4v) is 3.97. The molecule has 1 saturated carbocycles. The van der Waals surface area contributed by atoms with Gasteiger partial charge in [0.15, 0.2) is 0 Å². The van der Waals surface area contributed by atoms with Gasteiger partial charge in [-0.1, -0.05) is 6.07 Å². The SMILES string of the molecule is N#Cc1c(N2CCC(c3c(F)cccc3F)CC2)ccn(CC2CC2)c1=O. The van der Waals surface area contributed by atoms with Crippen molar-refractivity contribution in [1.82, 2.24) is 4.57 Å². The van der Waals surface area contributed by atoms with Crippen molar-refractivity contribution in [2.24, 2.45) is 5.92 Å². The topological polar surface area (TPSA) is 49.0 Å². The molecule has 1 saturated heterocycles. The van der Waals surface area contributed by atoms with Crippen molar-refractivity contribution < 1.29 is 8.78 Å². The van der Waals surface area contributed by atoms with Gasteiger partial charge in [-0.25, -0.2) is 8.78 Å². The van der Waals surface area contributed by atoms with Crippen LogP contribution in [0.5, 0.6) is 0 Å². The molecule has 0 bridgehead atoms. The minimum Gasteiger partial charge on any atom is -0.370 e. The minimum absolute atomic E-state index is 0.150. The fourth-order valence-electron chi connectivity index (χ4n) is 3.97. The molecule has 0 N–H and O–H groups in total. The van der Waals surface area contributed by atoms with Crippen LogP contribution in [-0.2, 0) is 6.54 Å². The first-order valence-electron chi connectivity index (χ1n) is 9.41. The predicted octanol–water partition coefficient (Wildman–Crippen LogP) is 3.79. The van der Waals surface area contributed by atoms with Gasteiger partial charge in [-0.2, -0.15) is 5.26 Å². The lowest BCUT2D eigenvalue weighted by Crippen LogP contribution is -2.36. The molecule has 0 amide bonds. The number of anilines is 1. The summed E-state index contributed by atoms with van der Waals surface area (Å²) in [6, 6.07) is 7.84. The van der Waals surface area contributed by atoms with E-state index >= 15 is 0 Å². The summed E-state index contributed by atoms with van der Waals surface area (Å²) in [5, 5.41) is 9.52. The van der Waals surface area contributed by atoms with Gasteiger partial charge in [-0.15, -0.1) is 0 Å². The van der Waals surface area contributed by atoms with Crippen molar-refractivity contribution in [1.29, 1.82) is 5.26 Å². The number of nitriles is 1. The van der Waals surface area contributed by atoms with E-state index in [1.807, 2.05) is 11.0 Å². The second-order valence-corrected chi connectivity index (χ2v) is 7.49. The van der Waals surface area contributed by atoms with Gasteiger partial charge in [-0.3, -0.25) is 4.79 Å². The average Bonchev–Trinajstić information content (AvgIpc) is 3.48. The smallest absolute Gasteiger partial charge is 0.270 e. The quantitative estimate of drug-likeness (QED) is 0.824. The summed E-state index contributed by atoms with van der Waals surface area (Å²) in [7, 11) is 0. The molecule has 2 fully saturated rings. The number of benzene rings is 1. The Morgan fingerprint density at radius 2 is 1.74 bits per heavy atom. The molecule has 6 heteroatoms. The number of piperidine rings is 1. The summed E-state index contributed by atoms with van der Waals surface area (Å²) in [5.41, 5.74) is 0.692. The van der Waals surface area contributed by atoms with Gasteiger partial charge in [-0.05, 0) is 55.7 Å². The van der Waals surface area contributed by atoms with E-state index in [0.29, 0.717) is 44.1 Å². The molecule has 4 nitrogen and oxygen atoms in total. The molecule has 0 spiro atoms. The fraction of sp³-hybridized carbons (Fsp3) is 0.429. The Morgan fingerprint density at radius 1 is 1.07 bits per heavy atom. The lowest BCUT2D eigenvalue weighted by Gasteiger charge is -2.34. The summed E-state index contributed by atoms with van der Waals surface area (Å²) in [5.74, 6) is -0.655. The van der Waals surface area contributed by atoms with E-state index in [2.05, 4.69) is 6.07 Å². The highest BCUT2D eigenvalue weighted by molar-refractivity contribution is 5.58. The second kappa shape index (κ2) is 7.15. The standard InChI is InChI=1S/C21H21F2N3O/c22-17-2-1-3-18(23)20(17)15-6-9-25(10-7-15)19-8-11-26(13-14-4-5-14)21(27)16(19)12-24/h1-3,8,11,14-15H,4-7,9-10,13H2. The molecule has 4 rings (SSSR count). The van der Waals surface area contributed by atoms with Crippen LogP contribution in [0.4, 0.5) is 14.5 Å². The number of hydrogen-bond acceptors (Lipinski definition) is 3. The molecular formula is C21H21F2N3O. The van der Waals surface area contributed by atoms with E-state index in [1.54, 1.807) is 10.8 Å². The van der Waals surface area contributed by atoms with E-state index in [-0.39, 0.29) is 22.6 Å². The monoisotopic (exact) mass is 369 g/mol. The summed E-state index contributed by atoms with van der Waals surface area (Å²) in [6.07, 6.45) is 5.19. The van der Waals surface area contributed by atoms with Gasteiger partial charge in [0, 0.05) is 31.4 Å². The van der Waals surface area contributed by atoms with Gasteiger partial charge in [0.05, 0.1) is 5.69 Å². The van der Waals surface area contributed by atoms with Crippen LogP contribution >= 0.6 is 0 Å². The third kappa shape index (κ3) is 3.46. The van der Waals surface area contributed by atoms with Crippen LogP contribution in [0, 0.1) is 28.9 Å². The van der Waals surface area contributed by atoms with Crippen molar-refractivity contribution in [2.75, 3.05) is 18.0 Å². The third-order valence-electron chi connectivity index (χ3n) is 5.65. The van der Waals surface area contributed by atoms with Crippen LogP contribution in [0.2, 0.25) is 0 Å². The average molecular weight is 369 g/mol. The van der Waals surface area contributed by atoms with E-state index in [9.17, 15) is 18.8 Å². The number of aromatic nitrogens is 1. The highest BCUT2D eigenvalue weighted by Crippen LogP contribution is 2.34. The molecule has 1 aromatic carbocycles. The number of rotatable bonds is 4. The third-order valence-corrected chi connectivity index (χ3v) is 5.65. The van der Waals surface area contributed by atoms with Gasteiger partial charge in [0.25, 0.3) is 5.56 Å². The molecule has 2 aromatic rings. The largest absolute Gasteiger partial charge is 0.370 e. The molecule has 1 aromatic heterocycles. The Balaban J connectivity index is 1.54. The first kappa shape index (κ1) is 17.7. The second-order valence-electron chi connectivity index (χ2n) is 7.49. The maximum absolute atomic E-state index is 14.0. The van der Waals surface area contributed by atoms with Crippen molar-refractivity contribution >= 4 is 5.69 Å². The van der Waals surface area contributed by atoms with Crippen molar-refractivity contribution in [2.45, 2.75) is 38.1 Å². The zero-order valence-electron chi connectivity index (χ0n) is 15.0. The minimum atomic E-state index is -0.506. The van der Waals surface area contributed by atoms with Gasteiger partial charge in [0.1, 0.15) is 23.3 Å². The number of pyridine rings is 1. The molecular weight excluding hydrogens is 348 g/mol. The van der Waals surface area contributed by atoms with E-state index < -0.39 is 11.6 Å². The van der Waals surface area contributed by atoms with Crippen LogP contribution in [0.25, 0.3) is 0 Å². The lowest BCUT2D eigenvalue weighted by molar-refractivity contribution is 0.455. The number of nitrogens with zero attached hydrogens (tertiary/aromatic N) is 3. The van der Waals surface area contributed by atoms with Gasteiger partial charge < -0.3 is 9.47 Å². The van der Waals surface area contributed by atoms with Crippen LogP contribution in [0.3, 0.4) is 0 Å². The van der Waals surface area contributed by atoms with Crippen LogP contribution in [0.1, 0.15) is 42.7 Å². The molecule has 2 aliphatic rings. The van der Waals surface area contributed by atoms with Crippen LogP contribution in [-0.4, -0.2) is 17.7 Å². The van der Waals surface area contributed by atoms with Crippen molar-refractivity contribution in [3.8, 4) is 6.07 Å². The Hall–Kier alpha value is -2.68. The van der Waals surface area contributed by atoms with Crippen LogP contribution < -0.4 is 10.5 Å². The molecule has 0 unspecified atom stereocenters. The highest BCUT2D eigenvalue weighted by atomic mass is 19.1. The zero-order chi connectivity index (χ0) is 19.0. The predicted molar refractivity (Wildman–Crippen MR) is 98.7 cm³/mol. The summed E-state index contributed by atoms with van der Waals surface area (Å²) < 4.78 is 29.7. The van der Waals surface area contributed by atoms with Gasteiger partial charge >= 0.3 is 0 Å². The van der Waals surface area contributed by atoms with Crippen molar-refractivity contribution in [3.05, 3.63) is 63.6 Å². The molecule has 1 aliphatic carbocycles. The maximum atomic E-state index is 14.0. The Labute approximate surface area is 156 Å². The zero-order valence-corrected chi connectivity index (χ0v) is 15.0. The first-order valence-corrected chi connectivity index (χ1v) is 9.41. The number of halogens is 2. The van der Waals surface area contributed by atoms with Crippen molar-refractivity contribution in [3.63, 3.8) is 0 Å². The molecule has 140 valence electrons. The highest BCUT2D eigenvalue weighted by Gasteiger charge is 2.28. The van der Waals surface area contributed by atoms with E-state index in [0.717, 1.165) is 12.8 Å². The first-order chi connectivity index (χ1) is 13.1. The molecule has 0 radical (unpaired) electrons. The molecule has 0 atom stereocenters. The van der Waals surface area contributed by atoms with E-state index in [4.69, 9.17) is 0 Å². The summed E-state index contributed by atoms with van der Waals surface area (Å²) >= 11 is 0. The summed E-state index contributed by atoms with van der Waals surface area (Å²) in [6.45, 7) is 1.78. The maximum Gasteiger partial charge on any atom is 0.270 e. The Kier molecular flexibility index (Phi) is 4.69. The van der Waals surface area contributed by atoms with E-state index in [1.165, 1.54) is 18.2 Å². The summed E-state index contributed by atoms with van der Waals surface area (Å²) in [4.78, 5) is 14.6. The van der Waals surface area contributed by atoms with Crippen LogP contribution in [0.15, 0.2) is 35.3 Å². The normalized spacial score (nSPS) is 17.7. The number of hydrogen-bond donors (Lipinski definition) is 0. The lowest BCUT2D eigenvalue weighted by atomic mass is 9.88.